The number of anilines is 1. The van der Waals surface area contributed by atoms with Gasteiger partial charge in [0.1, 0.15) is 12.0 Å². The molecule has 2 atom stereocenters. The fourth-order valence-corrected chi connectivity index (χ4v) is 3.40. The second-order valence-corrected chi connectivity index (χ2v) is 6.34. The monoisotopic (exact) mass is 354 g/mol. The van der Waals surface area contributed by atoms with E-state index < -0.39 is 12.0 Å². The molecule has 2 aromatic rings. The van der Waals surface area contributed by atoms with E-state index in [0.29, 0.717) is 18.8 Å². The van der Waals surface area contributed by atoms with E-state index in [1.54, 1.807) is 23.4 Å². The SMILES string of the molecule is CC1c2nncn2CCN1C(=O)C1=NN(c2ccccc2)C(C(=O)O)C1. The van der Waals surface area contributed by atoms with Crippen LogP contribution in [0.5, 0.6) is 0 Å². The Labute approximate surface area is 149 Å². The summed E-state index contributed by atoms with van der Waals surface area (Å²) in [4.78, 5) is 26.3. The van der Waals surface area contributed by atoms with Crippen molar-refractivity contribution in [3.63, 3.8) is 0 Å². The molecular formula is C17H18N6O3. The third-order valence-corrected chi connectivity index (χ3v) is 4.79. The van der Waals surface area contributed by atoms with Crippen LogP contribution in [0.3, 0.4) is 0 Å². The molecule has 4 rings (SSSR count). The van der Waals surface area contributed by atoms with Gasteiger partial charge in [-0.2, -0.15) is 5.10 Å². The lowest BCUT2D eigenvalue weighted by atomic mass is 10.1. The molecule has 9 heteroatoms. The van der Waals surface area contributed by atoms with E-state index in [-0.39, 0.29) is 24.1 Å². The number of aliphatic carboxylic acids is 1. The van der Waals surface area contributed by atoms with Gasteiger partial charge in [0.05, 0.1) is 11.7 Å². The Balaban J connectivity index is 1.61. The van der Waals surface area contributed by atoms with Crippen LogP contribution in [0.2, 0.25) is 0 Å². The van der Waals surface area contributed by atoms with E-state index in [0.717, 1.165) is 5.82 Å². The molecule has 134 valence electrons. The molecule has 0 fully saturated rings. The quantitative estimate of drug-likeness (QED) is 0.878. The molecule has 0 bridgehead atoms. The standard InChI is InChI=1S/C17H18N6O3/c1-11-15-19-18-10-21(15)7-8-22(11)16(24)13-9-14(17(25)26)23(20-13)12-5-3-2-4-6-12/h2-6,10-11,14H,7-9H2,1H3,(H,25,26). The van der Waals surface area contributed by atoms with Gasteiger partial charge >= 0.3 is 5.97 Å². The largest absolute Gasteiger partial charge is 0.480 e. The van der Waals surface area contributed by atoms with Crippen LogP contribution in [0.1, 0.15) is 25.2 Å². The minimum atomic E-state index is -1.01. The molecule has 1 aromatic carbocycles. The summed E-state index contributed by atoms with van der Waals surface area (Å²) in [5.74, 6) is -0.541. The molecule has 9 nitrogen and oxygen atoms in total. The first-order valence-electron chi connectivity index (χ1n) is 8.39. The lowest BCUT2D eigenvalue weighted by Gasteiger charge is -2.33. The predicted octanol–water partition coefficient (Wildman–Crippen LogP) is 0.901. The van der Waals surface area contributed by atoms with Crippen molar-refractivity contribution >= 4 is 23.3 Å². The molecule has 0 saturated heterocycles. The van der Waals surface area contributed by atoms with Gasteiger partial charge < -0.3 is 14.6 Å². The highest BCUT2D eigenvalue weighted by molar-refractivity contribution is 6.40. The number of rotatable bonds is 3. The Morgan fingerprint density at radius 2 is 1.96 bits per heavy atom. The number of hydrogen-bond acceptors (Lipinski definition) is 6. The van der Waals surface area contributed by atoms with Gasteiger partial charge in [0.25, 0.3) is 5.91 Å². The molecule has 2 aliphatic heterocycles. The smallest absolute Gasteiger partial charge is 0.328 e. The summed E-state index contributed by atoms with van der Waals surface area (Å²) in [7, 11) is 0. The third-order valence-electron chi connectivity index (χ3n) is 4.79. The zero-order valence-corrected chi connectivity index (χ0v) is 14.2. The number of hydrazone groups is 1. The van der Waals surface area contributed by atoms with Crippen LogP contribution in [0.4, 0.5) is 5.69 Å². The van der Waals surface area contributed by atoms with Gasteiger partial charge in [0.15, 0.2) is 11.9 Å². The van der Waals surface area contributed by atoms with Crippen molar-refractivity contribution in [1.82, 2.24) is 19.7 Å². The molecule has 26 heavy (non-hydrogen) atoms. The van der Waals surface area contributed by atoms with Gasteiger partial charge in [-0.25, -0.2) is 4.79 Å². The molecule has 0 aliphatic carbocycles. The predicted molar refractivity (Wildman–Crippen MR) is 92.5 cm³/mol. The molecule has 1 amide bonds. The highest BCUT2D eigenvalue weighted by Gasteiger charge is 2.39. The number of carbonyl (C=O) groups excluding carboxylic acids is 1. The highest BCUT2D eigenvalue weighted by Crippen LogP contribution is 2.28. The number of amides is 1. The average molecular weight is 354 g/mol. The maximum Gasteiger partial charge on any atom is 0.328 e. The number of hydrogen-bond donors (Lipinski definition) is 1. The topological polar surface area (TPSA) is 104 Å². The van der Waals surface area contributed by atoms with E-state index >= 15 is 0 Å². The van der Waals surface area contributed by atoms with Crippen LogP contribution in [-0.4, -0.2) is 54.9 Å². The normalized spacial score (nSPS) is 22.1. The van der Waals surface area contributed by atoms with E-state index in [1.807, 2.05) is 29.7 Å². The van der Waals surface area contributed by atoms with E-state index in [4.69, 9.17) is 0 Å². The van der Waals surface area contributed by atoms with E-state index in [1.165, 1.54) is 5.01 Å². The summed E-state index contributed by atoms with van der Waals surface area (Å²) in [6.07, 6.45) is 1.72. The van der Waals surface area contributed by atoms with Gasteiger partial charge in [0, 0.05) is 19.5 Å². The van der Waals surface area contributed by atoms with Gasteiger partial charge in [-0.1, -0.05) is 18.2 Å². The number of fused-ring (bicyclic) bond motifs is 1. The molecular weight excluding hydrogens is 336 g/mol. The first-order valence-corrected chi connectivity index (χ1v) is 8.39. The van der Waals surface area contributed by atoms with Gasteiger partial charge in [0.2, 0.25) is 0 Å². The minimum absolute atomic E-state index is 0.0684. The lowest BCUT2D eigenvalue weighted by molar-refractivity contribution is -0.138. The molecule has 1 N–H and O–H groups in total. The Bertz CT molecular complexity index is 878. The zero-order chi connectivity index (χ0) is 18.3. The summed E-state index contributed by atoms with van der Waals surface area (Å²) >= 11 is 0. The van der Waals surface area contributed by atoms with Gasteiger partial charge in [-0.05, 0) is 19.1 Å². The molecule has 3 heterocycles. The first-order chi connectivity index (χ1) is 12.6. The number of carboxylic acids is 1. The molecule has 0 radical (unpaired) electrons. The van der Waals surface area contributed by atoms with Gasteiger partial charge in [-0.15, -0.1) is 10.2 Å². The third kappa shape index (κ3) is 2.61. The maximum absolute atomic E-state index is 13.0. The molecule has 1 aromatic heterocycles. The Morgan fingerprint density at radius 3 is 2.69 bits per heavy atom. The number of para-hydroxylation sites is 1. The summed E-state index contributed by atoms with van der Waals surface area (Å²) in [5, 5.41) is 23.3. The van der Waals surface area contributed by atoms with Crippen molar-refractivity contribution in [2.24, 2.45) is 5.10 Å². The van der Waals surface area contributed by atoms with Crippen molar-refractivity contribution in [3.05, 3.63) is 42.5 Å². The zero-order valence-electron chi connectivity index (χ0n) is 14.2. The molecule has 2 aliphatic rings. The van der Waals surface area contributed by atoms with Crippen molar-refractivity contribution < 1.29 is 14.7 Å². The number of carbonyl (C=O) groups is 2. The summed E-state index contributed by atoms with van der Waals surface area (Å²) in [6.45, 7) is 3.00. The highest BCUT2D eigenvalue weighted by atomic mass is 16.4. The molecule has 2 unspecified atom stereocenters. The summed E-state index contributed by atoms with van der Waals surface area (Å²) in [6, 6.07) is 7.89. The van der Waals surface area contributed by atoms with Crippen molar-refractivity contribution in [2.45, 2.75) is 32.0 Å². The average Bonchev–Trinajstić information content (AvgIpc) is 3.30. The second kappa shape index (κ2) is 6.25. The summed E-state index contributed by atoms with van der Waals surface area (Å²) in [5.41, 5.74) is 0.898. The van der Waals surface area contributed by atoms with Crippen molar-refractivity contribution in [3.8, 4) is 0 Å². The van der Waals surface area contributed by atoms with Crippen LogP contribution >= 0.6 is 0 Å². The Morgan fingerprint density at radius 1 is 1.19 bits per heavy atom. The van der Waals surface area contributed by atoms with Crippen molar-refractivity contribution in [1.29, 1.82) is 0 Å². The van der Waals surface area contributed by atoms with Crippen LogP contribution in [0, 0.1) is 0 Å². The van der Waals surface area contributed by atoms with E-state index in [2.05, 4.69) is 15.3 Å². The Kier molecular flexibility index (Phi) is 3.90. The van der Waals surface area contributed by atoms with Crippen molar-refractivity contribution in [2.75, 3.05) is 11.6 Å². The number of benzene rings is 1. The second-order valence-electron chi connectivity index (χ2n) is 6.34. The number of nitrogens with zero attached hydrogens (tertiary/aromatic N) is 6. The number of aromatic nitrogens is 3. The molecule has 0 saturated carbocycles. The van der Waals surface area contributed by atoms with Crippen LogP contribution in [0.15, 0.2) is 41.8 Å². The van der Waals surface area contributed by atoms with Gasteiger partial charge in [-0.3, -0.25) is 9.80 Å². The lowest BCUT2D eigenvalue weighted by Crippen LogP contribution is -2.44. The first kappa shape index (κ1) is 16.2. The fraction of sp³-hybridized carbons (Fsp3) is 0.353. The van der Waals surface area contributed by atoms with Crippen LogP contribution < -0.4 is 5.01 Å². The summed E-state index contributed by atoms with van der Waals surface area (Å²) < 4.78 is 1.92. The minimum Gasteiger partial charge on any atom is -0.480 e. The fourth-order valence-electron chi connectivity index (χ4n) is 3.40. The maximum atomic E-state index is 13.0. The molecule has 0 spiro atoms. The Hall–Kier alpha value is -3.23. The van der Waals surface area contributed by atoms with Crippen LogP contribution in [0.25, 0.3) is 0 Å². The number of carboxylic acid groups (broad SMARTS) is 1. The van der Waals surface area contributed by atoms with E-state index in [9.17, 15) is 14.7 Å². The van der Waals surface area contributed by atoms with Crippen LogP contribution in [-0.2, 0) is 16.1 Å².